The molecular weight excluding hydrogens is 376 g/mol. The van der Waals surface area contributed by atoms with E-state index in [2.05, 4.69) is 5.32 Å². The van der Waals surface area contributed by atoms with Crippen LogP contribution in [0.1, 0.15) is 26.3 Å². The van der Waals surface area contributed by atoms with E-state index in [1.165, 1.54) is 30.3 Å². The van der Waals surface area contributed by atoms with Crippen molar-refractivity contribution in [2.75, 3.05) is 5.32 Å². The molecule has 3 aromatic carbocycles. The maximum absolute atomic E-state index is 12.7. The van der Waals surface area contributed by atoms with Crippen molar-refractivity contribution in [3.05, 3.63) is 95.6 Å². The van der Waals surface area contributed by atoms with Gasteiger partial charge in [-0.15, -0.1) is 0 Å². The summed E-state index contributed by atoms with van der Waals surface area (Å²) in [4.78, 5) is 24.1. The number of carbonyl (C=O) groups excluding carboxylic acids is 2. The second kappa shape index (κ2) is 8.06. The number of hydrogen-bond donors (Lipinski definition) is 2. The summed E-state index contributed by atoms with van der Waals surface area (Å²) in [5.41, 5.74) is 6.57. The molecule has 2 amide bonds. The number of nitrogens with two attached hydrogens (primary N) is 1. The van der Waals surface area contributed by atoms with Crippen molar-refractivity contribution in [3.8, 4) is 0 Å². The van der Waals surface area contributed by atoms with E-state index in [9.17, 15) is 18.0 Å². The van der Waals surface area contributed by atoms with Crippen LogP contribution >= 0.6 is 0 Å². The average molecular weight is 394 g/mol. The third-order valence-corrected chi connectivity index (χ3v) is 5.78. The molecule has 3 aromatic rings. The molecular formula is C21H18N2O4S. The number of amides is 2. The van der Waals surface area contributed by atoms with Gasteiger partial charge in [0.05, 0.1) is 21.9 Å². The van der Waals surface area contributed by atoms with Gasteiger partial charge in [-0.1, -0.05) is 48.5 Å². The highest BCUT2D eigenvalue weighted by Crippen LogP contribution is 2.20. The van der Waals surface area contributed by atoms with E-state index in [1.807, 2.05) is 6.07 Å². The van der Waals surface area contributed by atoms with Gasteiger partial charge in [-0.25, -0.2) is 8.42 Å². The van der Waals surface area contributed by atoms with Crippen molar-refractivity contribution in [1.82, 2.24) is 0 Å². The topological polar surface area (TPSA) is 106 Å². The van der Waals surface area contributed by atoms with Gasteiger partial charge in [-0.2, -0.15) is 0 Å². The quantitative estimate of drug-likeness (QED) is 0.670. The molecule has 0 saturated heterocycles. The molecule has 0 aliphatic heterocycles. The molecule has 0 saturated carbocycles. The Labute approximate surface area is 162 Å². The summed E-state index contributed by atoms with van der Waals surface area (Å²) >= 11 is 0. The number of hydrogen-bond acceptors (Lipinski definition) is 4. The van der Waals surface area contributed by atoms with Crippen molar-refractivity contribution in [2.45, 2.75) is 10.6 Å². The van der Waals surface area contributed by atoms with Crippen LogP contribution in [0.15, 0.2) is 83.8 Å². The van der Waals surface area contributed by atoms with E-state index in [4.69, 9.17) is 5.73 Å². The van der Waals surface area contributed by atoms with Gasteiger partial charge in [0.2, 0.25) is 0 Å². The summed E-state index contributed by atoms with van der Waals surface area (Å²) in [6.45, 7) is 0. The molecule has 0 fully saturated rings. The highest BCUT2D eigenvalue weighted by molar-refractivity contribution is 7.90. The largest absolute Gasteiger partial charge is 0.366 e. The van der Waals surface area contributed by atoms with Crippen LogP contribution in [0.4, 0.5) is 5.69 Å². The maximum atomic E-state index is 12.7. The highest BCUT2D eigenvalue weighted by atomic mass is 32.2. The molecule has 0 atom stereocenters. The molecule has 28 heavy (non-hydrogen) atoms. The van der Waals surface area contributed by atoms with Crippen molar-refractivity contribution >= 4 is 27.3 Å². The first-order valence-electron chi connectivity index (χ1n) is 8.44. The summed E-state index contributed by atoms with van der Waals surface area (Å²) < 4.78 is 25.4. The fourth-order valence-electron chi connectivity index (χ4n) is 2.71. The second-order valence-corrected chi connectivity index (χ2v) is 8.13. The van der Waals surface area contributed by atoms with Crippen LogP contribution < -0.4 is 11.1 Å². The van der Waals surface area contributed by atoms with Crippen LogP contribution in [0.25, 0.3) is 0 Å². The van der Waals surface area contributed by atoms with E-state index in [0.29, 0.717) is 5.56 Å². The van der Waals surface area contributed by atoms with Crippen molar-refractivity contribution < 1.29 is 18.0 Å². The zero-order valence-corrected chi connectivity index (χ0v) is 15.6. The van der Waals surface area contributed by atoms with Crippen LogP contribution in [0, 0.1) is 0 Å². The van der Waals surface area contributed by atoms with Crippen molar-refractivity contribution in [2.24, 2.45) is 5.73 Å². The number of nitrogens with one attached hydrogen (secondary N) is 1. The fourth-order valence-corrected chi connectivity index (χ4v) is 4.10. The molecule has 0 aliphatic rings. The van der Waals surface area contributed by atoms with Crippen LogP contribution in [0.3, 0.4) is 0 Å². The van der Waals surface area contributed by atoms with Crippen molar-refractivity contribution in [3.63, 3.8) is 0 Å². The first kappa shape index (κ1) is 19.3. The second-order valence-electron chi connectivity index (χ2n) is 6.14. The number of anilines is 1. The molecule has 0 aliphatic carbocycles. The molecule has 0 spiro atoms. The van der Waals surface area contributed by atoms with E-state index >= 15 is 0 Å². The Hall–Kier alpha value is -3.45. The molecule has 0 unspecified atom stereocenters. The Morgan fingerprint density at radius 1 is 0.857 bits per heavy atom. The lowest BCUT2D eigenvalue weighted by Gasteiger charge is -2.10. The Kier molecular flexibility index (Phi) is 5.56. The zero-order valence-electron chi connectivity index (χ0n) is 14.8. The summed E-state index contributed by atoms with van der Waals surface area (Å²) in [5.74, 6) is -1.37. The number of para-hydroxylation sites is 1. The monoisotopic (exact) mass is 394 g/mol. The smallest absolute Gasteiger partial charge is 0.255 e. The lowest BCUT2D eigenvalue weighted by Crippen LogP contribution is -2.18. The van der Waals surface area contributed by atoms with Crippen LogP contribution in [-0.4, -0.2) is 20.2 Å². The molecule has 0 aromatic heterocycles. The van der Waals surface area contributed by atoms with E-state index in [-0.39, 0.29) is 27.5 Å². The Balaban J connectivity index is 1.85. The Morgan fingerprint density at radius 2 is 1.54 bits per heavy atom. The predicted octanol–water partition coefficient (Wildman–Crippen LogP) is 3.01. The van der Waals surface area contributed by atoms with Gasteiger partial charge in [0.1, 0.15) is 0 Å². The SMILES string of the molecule is NC(=O)c1ccccc1NC(=O)c1cccc(S(=O)(=O)Cc2ccccc2)c1. The first-order chi connectivity index (χ1) is 13.4. The van der Waals surface area contributed by atoms with Gasteiger partial charge in [0.25, 0.3) is 11.8 Å². The van der Waals surface area contributed by atoms with Gasteiger partial charge in [0, 0.05) is 5.56 Å². The lowest BCUT2D eigenvalue weighted by molar-refractivity contribution is 0.100. The fraction of sp³-hybridized carbons (Fsp3) is 0.0476. The summed E-state index contributed by atoms with van der Waals surface area (Å²) in [5, 5.41) is 2.60. The summed E-state index contributed by atoms with van der Waals surface area (Å²) in [6.07, 6.45) is 0. The van der Waals surface area contributed by atoms with Crippen LogP contribution in [0.5, 0.6) is 0 Å². The number of benzene rings is 3. The minimum absolute atomic E-state index is 0.0483. The van der Waals surface area contributed by atoms with Crippen LogP contribution in [0.2, 0.25) is 0 Å². The Morgan fingerprint density at radius 3 is 2.25 bits per heavy atom. The third kappa shape index (κ3) is 4.44. The van der Waals surface area contributed by atoms with Gasteiger partial charge in [0.15, 0.2) is 9.84 Å². The average Bonchev–Trinajstić information content (AvgIpc) is 2.69. The minimum Gasteiger partial charge on any atom is -0.366 e. The van der Waals surface area contributed by atoms with Crippen LogP contribution in [-0.2, 0) is 15.6 Å². The van der Waals surface area contributed by atoms with E-state index in [1.54, 1.807) is 42.5 Å². The van der Waals surface area contributed by atoms with Gasteiger partial charge in [-0.3, -0.25) is 9.59 Å². The maximum Gasteiger partial charge on any atom is 0.255 e. The molecule has 142 valence electrons. The standard InChI is InChI=1S/C21H18N2O4S/c22-20(24)18-11-4-5-12-19(18)23-21(25)16-9-6-10-17(13-16)28(26,27)14-15-7-2-1-3-8-15/h1-13H,14H2,(H2,22,24)(H,23,25). The third-order valence-electron chi connectivity index (χ3n) is 4.10. The highest BCUT2D eigenvalue weighted by Gasteiger charge is 2.18. The lowest BCUT2D eigenvalue weighted by atomic mass is 10.1. The Bertz CT molecular complexity index is 1130. The normalized spacial score (nSPS) is 11.0. The zero-order chi connectivity index (χ0) is 20.1. The molecule has 7 heteroatoms. The van der Waals surface area contributed by atoms with Crippen molar-refractivity contribution in [1.29, 1.82) is 0 Å². The summed E-state index contributed by atoms with van der Waals surface area (Å²) in [6, 6.07) is 20.9. The molecule has 0 bridgehead atoms. The number of sulfone groups is 1. The van der Waals surface area contributed by atoms with Gasteiger partial charge in [-0.05, 0) is 35.9 Å². The van der Waals surface area contributed by atoms with E-state index in [0.717, 1.165) is 0 Å². The molecule has 0 heterocycles. The van der Waals surface area contributed by atoms with Gasteiger partial charge >= 0.3 is 0 Å². The predicted molar refractivity (Wildman–Crippen MR) is 107 cm³/mol. The first-order valence-corrected chi connectivity index (χ1v) is 10.1. The molecule has 3 rings (SSSR count). The summed E-state index contributed by atoms with van der Waals surface area (Å²) in [7, 11) is -3.62. The minimum atomic E-state index is -3.62. The van der Waals surface area contributed by atoms with Gasteiger partial charge < -0.3 is 11.1 Å². The molecule has 3 N–H and O–H groups in total. The number of carbonyl (C=O) groups is 2. The molecule has 6 nitrogen and oxygen atoms in total. The molecule has 0 radical (unpaired) electrons. The van der Waals surface area contributed by atoms with E-state index < -0.39 is 21.7 Å². The number of rotatable bonds is 6. The number of primary amides is 1.